The number of hydrogen-bond acceptors (Lipinski definition) is 6. The molecule has 0 unspecified atom stereocenters. The van der Waals surface area contributed by atoms with Crippen molar-refractivity contribution in [3.05, 3.63) is 12.2 Å². The number of aliphatic hydroxyl groups excluding tert-OH is 3. The van der Waals surface area contributed by atoms with Crippen molar-refractivity contribution < 1.29 is 29.9 Å². The molecule has 6 heteroatoms. The molecular formula is C30H52O6. The van der Waals surface area contributed by atoms with Crippen LogP contribution >= 0.6 is 0 Å². The van der Waals surface area contributed by atoms with Crippen molar-refractivity contribution in [1.29, 1.82) is 0 Å². The predicted octanol–water partition coefficient (Wildman–Crippen LogP) is 4.51. The van der Waals surface area contributed by atoms with Gasteiger partial charge in [0.05, 0.1) is 41.2 Å². The second-order valence-electron chi connectivity index (χ2n) is 14.3. The minimum atomic E-state index is -1.05. The first-order valence-corrected chi connectivity index (χ1v) is 14.3. The Morgan fingerprint density at radius 1 is 0.889 bits per heavy atom. The van der Waals surface area contributed by atoms with E-state index in [1.807, 2.05) is 27.7 Å². The van der Waals surface area contributed by atoms with Crippen LogP contribution in [0.5, 0.6) is 0 Å². The SMILES string of the molecule is C=C1CC[C@@H]2OC(C)(C)[C@H](O)CC[C@]2(C)[C@@H]1CC[C@]1(O)[C@H](C)CC[C@@H]2OC(C)(C)[C@H](O)[C@@H](O)C[C@@]21C. The molecule has 2 saturated carbocycles. The monoisotopic (exact) mass is 508 g/mol. The van der Waals surface area contributed by atoms with Gasteiger partial charge in [0.15, 0.2) is 0 Å². The fourth-order valence-electron chi connectivity index (χ4n) is 8.45. The van der Waals surface area contributed by atoms with Crippen molar-refractivity contribution in [3.8, 4) is 0 Å². The lowest BCUT2D eigenvalue weighted by molar-refractivity contribution is -0.234. The molecule has 4 N–H and O–H groups in total. The highest BCUT2D eigenvalue weighted by molar-refractivity contribution is 5.17. The minimum Gasteiger partial charge on any atom is -0.390 e. The normalized spacial score (nSPS) is 51.0. The first kappa shape index (κ1) is 28.5. The van der Waals surface area contributed by atoms with E-state index in [1.165, 1.54) is 5.57 Å². The van der Waals surface area contributed by atoms with Gasteiger partial charge in [0.2, 0.25) is 0 Å². The molecule has 36 heavy (non-hydrogen) atoms. The molecule has 2 aliphatic heterocycles. The van der Waals surface area contributed by atoms with Crippen LogP contribution in [0.2, 0.25) is 0 Å². The number of allylic oxidation sites excluding steroid dienone is 1. The van der Waals surface area contributed by atoms with Gasteiger partial charge in [0.1, 0.15) is 6.10 Å². The zero-order chi connectivity index (χ0) is 26.9. The third-order valence-corrected chi connectivity index (χ3v) is 11.3. The smallest absolute Gasteiger partial charge is 0.108 e. The van der Waals surface area contributed by atoms with Crippen LogP contribution in [0.1, 0.15) is 106 Å². The number of rotatable bonds is 3. The van der Waals surface area contributed by atoms with Gasteiger partial charge in [-0.15, -0.1) is 0 Å². The minimum absolute atomic E-state index is 0.0412. The van der Waals surface area contributed by atoms with Crippen molar-refractivity contribution >= 4 is 0 Å². The molecule has 0 bridgehead atoms. The van der Waals surface area contributed by atoms with Crippen LogP contribution in [-0.2, 0) is 9.47 Å². The van der Waals surface area contributed by atoms with Gasteiger partial charge in [-0.3, -0.25) is 0 Å². The Kier molecular flexibility index (Phi) is 7.37. The predicted molar refractivity (Wildman–Crippen MR) is 140 cm³/mol. The molecule has 0 aromatic heterocycles. The average Bonchev–Trinajstić information content (AvgIpc) is 2.92. The fraction of sp³-hybridized carbons (Fsp3) is 0.933. The Morgan fingerprint density at radius 3 is 2.19 bits per heavy atom. The Balaban J connectivity index is 1.63. The summed E-state index contributed by atoms with van der Waals surface area (Å²) in [5.41, 5.74) is -2.14. The second-order valence-corrected chi connectivity index (χ2v) is 14.3. The highest BCUT2D eigenvalue weighted by Gasteiger charge is 2.62. The molecule has 10 atom stereocenters. The van der Waals surface area contributed by atoms with Crippen LogP contribution in [0.3, 0.4) is 0 Å². The number of ether oxygens (including phenoxy) is 2. The van der Waals surface area contributed by atoms with Gasteiger partial charge in [-0.05, 0) is 97.3 Å². The lowest BCUT2D eigenvalue weighted by Crippen LogP contribution is -2.61. The number of aliphatic hydroxyl groups is 4. The van der Waals surface area contributed by atoms with Crippen LogP contribution in [-0.4, -0.2) is 67.7 Å². The van der Waals surface area contributed by atoms with Gasteiger partial charge in [-0.1, -0.05) is 32.9 Å². The molecule has 0 aromatic rings. The van der Waals surface area contributed by atoms with Gasteiger partial charge in [0, 0.05) is 10.8 Å². The summed E-state index contributed by atoms with van der Waals surface area (Å²) in [4.78, 5) is 0. The van der Waals surface area contributed by atoms with Crippen molar-refractivity contribution in [3.63, 3.8) is 0 Å². The molecule has 0 radical (unpaired) electrons. The van der Waals surface area contributed by atoms with E-state index in [-0.39, 0.29) is 29.5 Å². The first-order valence-electron chi connectivity index (χ1n) is 14.3. The molecule has 2 heterocycles. The van der Waals surface area contributed by atoms with Crippen LogP contribution in [0.15, 0.2) is 12.2 Å². The molecule has 2 saturated heterocycles. The largest absolute Gasteiger partial charge is 0.390 e. The van der Waals surface area contributed by atoms with E-state index >= 15 is 0 Å². The zero-order valence-corrected chi connectivity index (χ0v) is 23.7. The van der Waals surface area contributed by atoms with E-state index in [4.69, 9.17) is 9.47 Å². The molecule has 0 aromatic carbocycles. The number of hydrogen-bond donors (Lipinski definition) is 4. The lowest BCUT2D eigenvalue weighted by atomic mass is 9.53. The topological polar surface area (TPSA) is 99.4 Å². The summed E-state index contributed by atoms with van der Waals surface area (Å²) in [6, 6.07) is 0. The Morgan fingerprint density at radius 2 is 1.53 bits per heavy atom. The molecular weight excluding hydrogens is 456 g/mol. The Labute approximate surface area is 218 Å². The Hall–Kier alpha value is -0.500. The summed E-state index contributed by atoms with van der Waals surface area (Å²) >= 11 is 0. The molecule has 2 aliphatic carbocycles. The standard InChI is InChI=1S/C30H52O6/c1-18-9-11-23-28(7,15-14-22(32)26(3,4)35-23)20(18)13-16-30(34)19(2)10-12-24-29(30,8)17-21(31)25(33)27(5,6)36-24/h19-25,31-34H,1,9-17H2,2-8H3/t19-,20-,21+,22-,23+,24+,25-,28-,29+,30+/m1/s1. The fourth-order valence-corrected chi connectivity index (χ4v) is 8.45. The van der Waals surface area contributed by atoms with Gasteiger partial charge < -0.3 is 29.9 Å². The third-order valence-electron chi connectivity index (χ3n) is 11.3. The molecule has 208 valence electrons. The van der Waals surface area contributed by atoms with E-state index in [0.29, 0.717) is 19.3 Å². The molecule has 0 spiro atoms. The summed E-state index contributed by atoms with van der Waals surface area (Å²) < 4.78 is 13.0. The van der Waals surface area contributed by atoms with Crippen LogP contribution in [0, 0.1) is 22.7 Å². The maximum absolute atomic E-state index is 12.5. The maximum Gasteiger partial charge on any atom is 0.108 e. The van der Waals surface area contributed by atoms with Crippen molar-refractivity contribution in [1.82, 2.24) is 0 Å². The Bertz CT molecular complexity index is 839. The summed E-state index contributed by atoms with van der Waals surface area (Å²) in [5.74, 6) is 0.218. The lowest BCUT2D eigenvalue weighted by Gasteiger charge is -2.57. The molecule has 4 aliphatic rings. The summed E-state index contributed by atoms with van der Waals surface area (Å²) in [6.07, 6.45) is 4.00. The maximum atomic E-state index is 12.5. The quantitative estimate of drug-likeness (QED) is 0.419. The molecule has 4 rings (SSSR count). The van der Waals surface area contributed by atoms with E-state index in [0.717, 1.165) is 38.5 Å². The summed E-state index contributed by atoms with van der Waals surface area (Å²) in [6.45, 7) is 18.6. The van der Waals surface area contributed by atoms with Crippen molar-refractivity contribution in [2.75, 3.05) is 0 Å². The van der Waals surface area contributed by atoms with E-state index in [2.05, 4.69) is 27.4 Å². The van der Waals surface area contributed by atoms with Crippen LogP contribution in [0.4, 0.5) is 0 Å². The summed E-state index contributed by atoms with van der Waals surface area (Å²) in [5, 5.41) is 45.1. The van der Waals surface area contributed by atoms with Crippen molar-refractivity contribution in [2.24, 2.45) is 22.7 Å². The second kappa shape index (κ2) is 9.31. The highest BCUT2D eigenvalue weighted by atomic mass is 16.5. The third kappa shape index (κ3) is 4.42. The van der Waals surface area contributed by atoms with Gasteiger partial charge in [-0.2, -0.15) is 0 Å². The van der Waals surface area contributed by atoms with E-state index in [1.54, 1.807) is 0 Å². The highest BCUT2D eigenvalue weighted by Crippen LogP contribution is 2.59. The van der Waals surface area contributed by atoms with Crippen LogP contribution < -0.4 is 0 Å². The van der Waals surface area contributed by atoms with Gasteiger partial charge >= 0.3 is 0 Å². The van der Waals surface area contributed by atoms with Gasteiger partial charge in [-0.25, -0.2) is 0 Å². The molecule has 0 amide bonds. The van der Waals surface area contributed by atoms with Crippen LogP contribution in [0.25, 0.3) is 0 Å². The molecule has 4 fully saturated rings. The van der Waals surface area contributed by atoms with Gasteiger partial charge in [0.25, 0.3) is 0 Å². The molecule has 6 nitrogen and oxygen atoms in total. The van der Waals surface area contributed by atoms with E-state index in [9.17, 15) is 20.4 Å². The van der Waals surface area contributed by atoms with Crippen molar-refractivity contribution in [2.45, 2.75) is 154 Å². The van der Waals surface area contributed by atoms with E-state index < -0.39 is 40.5 Å². The first-order chi connectivity index (χ1) is 16.5. The summed E-state index contributed by atoms with van der Waals surface area (Å²) in [7, 11) is 0. The zero-order valence-electron chi connectivity index (χ0n) is 23.7. The average molecular weight is 509 g/mol. The number of fused-ring (bicyclic) bond motifs is 2.